The van der Waals surface area contributed by atoms with Crippen LogP contribution in [-0.4, -0.2) is 49.6 Å². The molecule has 2 aliphatic rings. The fraction of sp³-hybridized carbons (Fsp3) is 0.933. The summed E-state index contributed by atoms with van der Waals surface area (Å²) in [4.78, 5) is 14.4. The number of carbonyl (C=O) groups is 1. The molecule has 1 amide bonds. The van der Waals surface area contributed by atoms with Crippen LogP contribution in [0.15, 0.2) is 0 Å². The summed E-state index contributed by atoms with van der Waals surface area (Å²) < 4.78 is 0. The molecular weight excluding hydrogens is 238 g/mol. The van der Waals surface area contributed by atoms with Crippen molar-refractivity contribution < 1.29 is 4.79 Å². The van der Waals surface area contributed by atoms with Crippen LogP contribution in [0.25, 0.3) is 0 Å². The molecule has 4 nitrogen and oxygen atoms in total. The second-order valence-corrected chi connectivity index (χ2v) is 6.39. The molecule has 0 radical (unpaired) electrons. The Balaban J connectivity index is 1.79. The largest absolute Gasteiger partial charge is 0.352 e. The Kier molecular flexibility index (Phi) is 5.64. The fourth-order valence-corrected chi connectivity index (χ4v) is 3.46. The summed E-state index contributed by atoms with van der Waals surface area (Å²) in [7, 11) is 0. The number of amides is 1. The molecule has 2 rings (SSSR count). The molecule has 2 N–H and O–H groups in total. The quantitative estimate of drug-likeness (QED) is 0.805. The molecule has 1 saturated carbocycles. The van der Waals surface area contributed by atoms with E-state index in [1.807, 2.05) is 0 Å². The van der Waals surface area contributed by atoms with E-state index in [0.717, 1.165) is 32.6 Å². The third-order valence-corrected chi connectivity index (χ3v) is 4.60. The van der Waals surface area contributed by atoms with E-state index in [2.05, 4.69) is 29.4 Å². The summed E-state index contributed by atoms with van der Waals surface area (Å²) in [5.41, 5.74) is 0. The van der Waals surface area contributed by atoms with Gasteiger partial charge < -0.3 is 10.6 Å². The van der Waals surface area contributed by atoms with Crippen molar-refractivity contribution in [3.05, 3.63) is 0 Å². The Labute approximate surface area is 117 Å². The van der Waals surface area contributed by atoms with E-state index < -0.39 is 0 Å². The molecule has 1 heterocycles. The second-order valence-electron chi connectivity index (χ2n) is 6.39. The van der Waals surface area contributed by atoms with E-state index in [1.54, 1.807) is 0 Å². The van der Waals surface area contributed by atoms with Gasteiger partial charge in [0.15, 0.2) is 0 Å². The van der Waals surface area contributed by atoms with Gasteiger partial charge in [0.1, 0.15) is 0 Å². The molecule has 1 saturated heterocycles. The van der Waals surface area contributed by atoms with Crippen LogP contribution in [-0.2, 0) is 4.79 Å². The van der Waals surface area contributed by atoms with Gasteiger partial charge in [0, 0.05) is 32.2 Å². The van der Waals surface area contributed by atoms with Crippen LogP contribution in [0, 0.1) is 11.8 Å². The van der Waals surface area contributed by atoms with E-state index in [-0.39, 0.29) is 5.91 Å². The lowest BCUT2D eigenvalue weighted by Gasteiger charge is -2.35. The Morgan fingerprint density at radius 3 is 2.63 bits per heavy atom. The fourth-order valence-electron chi connectivity index (χ4n) is 3.46. The highest BCUT2D eigenvalue weighted by Gasteiger charge is 2.28. The van der Waals surface area contributed by atoms with Crippen LogP contribution in [0.5, 0.6) is 0 Å². The monoisotopic (exact) mass is 267 g/mol. The maximum atomic E-state index is 12.2. The molecule has 2 atom stereocenters. The molecule has 19 heavy (non-hydrogen) atoms. The molecule has 2 fully saturated rings. The van der Waals surface area contributed by atoms with E-state index in [0.29, 0.717) is 24.4 Å². The number of nitrogens with zero attached hydrogens (tertiary/aromatic N) is 1. The lowest BCUT2D eigenvalue weighted by atomic mass is 9.78. The minimum Gasteiger partial charge on any atom is -0.352 e. The lowest BCUT2D eigenvalue weighted by Crippen LogP contribution is -2.51. The standard InChI is InChI=1S/C15H29N3O/c1-12(2)13-5-3-4-6-14(13)17-15(19)11-18-9-7-16-8-10-18/h12-14,16H,3-11H2,1-2H3,(H,17,19). The molecule has 2 unspecified atom stereocenters. The first-order chi connectivity index (χ1) is 9.16. The SMILES string of the molecule is CC(C)C1CCCCC1NC(=O)CN1CCNCC1. The maximum absolute atomic E-state index is 12.2. The van der Waals surface area contributed by atoms with E-state index in [9.17, 15) is 4.79 Å². The van der Waals surface area contributed by atoms with Crippen LogP contribution in [0.3, 0.4) is 0 Å². The summed E-state index contributed by atoms with van der Waals surface area (Å²) >= 11 is 0. The lowest BCUT2D eigenvalue weighted by molar-refractivity contribution is -0.123. The van der Waals surface area contributed by atoms with Crippen LogP contribution in [0.4, 0.5) is 0 Å². The highest BCUT2D eigenvalue weighted by molar-refractivity contribution is 5.78. The van der Waals surface area contributed by atoms with Crippen molar-refractivity contribution in [3.8, 4) is 0 Å². The number of carbonyl (C=O) groups excluding carboxylic acids is 1. The Morgan fingerprint density at radius 2 is 1.95 bits per heavy atom. The molecule has 1 aliphatic carbocycles. The minimum absolute atomic E-state index is 0.222. The van der Waals surface area contributed by atoms with E-state index in [4.69, 9.17) is 0 Å². The first-order valence-corrected chi connectivity index (χ1v) is 7.89. The van der Waals surface area contributed by atoms with Crippen molar-refractivity contribution in [2.45, 2.75) is 45.6 Å². The van der Waals surface area contributed by atoms with Gasteiger partial charge in [0.25, 0.3) is 0 Å². The molecule has 1 aliphatic heterocycles. The van der Waals surface area contributed by atoms with Gasteiger partial charge in [0.05, 0.1) is 6.54 Å². The number of rotatable bonds is 4. The number of hydrogen-bond donors (Lipinski definition) is 2. The van der Waals surface area contributed by atoms with Crippen LogP contribution in [0.2, 0.25) is 0 Å². The molecule has 0 aromatic rings. The molecule has 4 heteroatoms. The summed E-state index contributed by atoms with van der Waals surface area (Å²) in [5, 5.41) is 6.61. The Morgan fingerprint density at radius 1 is 1.26 bits per heavy atom. The topological polar surface area (TPSA) is 44.4 Å². The molecular formula is C15H29N3O. The Bertz CT molecular complexity index is 287. The van der Waals surface area contributed by atoms with Gasteiger partial charge in [-0.05, 0) is 24.7 Å². The van der Waals surface area contributed by atoms with Gasteiger partial charge in [-0.15, -0.1) is 0 Å². The minimum atomic E-state index is 0.222. The zero-order chi connectivity index (χ0) is 13.7. The predicted octanol–water partition coefficient (Wildman–Crippen LogP) is 1.22. The van der Waals surface area contributed by atoms with Gasteiger partial charge in [-0.25, -0.2) is 0 Å². The van der Waals surface area contributed by atoms with Crippen molar-refractivity contribution in [2.24, 2.45) is 11.8 Å². The second kappa shape index (κ2) is 7.25. The number of hydrogen-bond acceptors (Lipinski definition) is 3. The summed E-state index contributed by atoms with van der Waals surface area (Å²) in [6.45, 7) is 9.13. The first-order valence-electron chi connectivity index (χ1n) is 7.89. The average Bonchev–Trinajstić information content (AvgIpc) is 2.40. The number of piperazine rings is 1. The average molecular weight is 267 g/mol. The van der Waals surface area contributed by atoms with Gasteiger partial charge in [-0.1, -0.05) is 26.7 Å². The zero-order valence-corrected chi connectivity index (χ0v) is 12.5. The van der Waals surface area contributed by atoms with E-state index in [1.165, 1.54) is 19.3 Å². The predicted molar refractivity (Wildman–Crippen MR) is 78.0 cm³/mol. The normalized spacial score (nSPS) is 29.4. The zero-order valence-electron chi connectivity index (χ0n) is 12.5. The van der Waals surface area contributed by atoms with Crippen molar-refractivity contribution >= 4 is 5.91 Å². The van der Waals surface area contributed by atoms with Crippen molar-refractivity contribution in [2.75, 3.05) is 32.7 Å². The highest BCUT2D eigenvalue weighted by atomic mass is 16.2. The number of nitrogens with one attached hydrogen (secondary N) is 2. The van der Waals surface area contributed by atoms with Gasteiger partial charge >= 0.3 is 0 Å². The van der Waals surface area contributed by atoms with Crippen LogP contribution < -0.4 is 10.6 Å². The summed E-state index contributed by atoms with van der Waals surface area (Å²) in [5.74, 6) is 1.56. The summed E-state index contributed by atoms with van der Waals surface area (Å²) in [6, 6.07) is 0.407. The Hall–Kier alpha value is -0.610. The van der Waals surface area contributed by atoms with Gasteiger partial charge in [0.2, 0.25) is 5.91 Å². The molecule has 0 aromatic carbocycles. The van der Waals surface area contributed by atoms with Crippen LogP contribution in [0.1, 0.15) is 39.5 Å². The molecule has 0 bridgehead atoms. The van der Waals surface area contributed by atoms with Crippen molar-refractivity contribution in [3.63, 3.8) is 0 Å². The smallest absolute Gasteiger partial charge is 0.234 e. The third kappa shape index (κ3) is 4.46. The maximum Gasteiger partial charge on any atom is 0.234 e. The highest BCUT2D eigenvalue weighted by Crippen LogP contribution is 2.30. The van der Waals surface area contributed by atoms with Gasteiger partial charge in [-0.3, -0.25) is 9.69 Å². The molecule has 0 aromatic heterocycles. The first kappa shape index (κ1) is 14.8. The summed E-state index contributed by atoms with van der Waals surface area (Å²) in [6.07, 6.45) is 5.03. The van der Waals surface area contributed by atoms with Gasteiger partial charge in [-0.2, -0.15) is 0 Å². The van der Waals surface area contributed by atoms with Crippen molar-refractivity contribution in [1.29, 1.82) is 0 Å². The molecule has 110 valence electrons. The van der Waals surface area contributed by atoms with Crippen molar-refractivity contribution in [1.82, 2.24) is 15.5 Å². The molecule has 0 spiro atoms. The van der Waals surface area contributed by atoms with E-state index >= 15 is 0 Å². The van der Waals surface area contributed by atoms with Crippen LogP contribution >= 0.6 is 0 Å². The third-order valence-electron chi connectivity index (χ3n) is 4.60.